The molecule has 0 radical (unpaired) electrons. The number of nitrogens with zero attached hydrogens (tertiary/aromatic N) is 1. The Balaban J connectivity index is 1.27. The topological polar surface area (TPSA) is 71.1 Å². The van der Waals surface area contributed by atoms with Crippen LogP contribution in [0.4, 0.5) is 23.2 Å². The van der Waals surface area contributed by atoms with Gasteiger partial charge in [0.15, 0.2) is 0 Å². The normalized spacial score (nSPS) is 11.3. The second-order valence-electron chi connectivity index (χ2n) is 9.34. The van der Waals surface area contributed by atoms with Crippen LogP contribution in [0.5, 0.6) is 0 Å². The van der Waals surface area contributed by atoms with E-state index in [9.17, 15) is 27.2 Å². The molecule has 0 bridgehead atoms. The number of alkyl halides is 3. The lowest BCUT2D eigenvalue weighted by atomic mass is 9.98. The number of hydrogen-bond donors (Lipinski definition) is 2. The summed E-state index contributed by atoms with van der Waals surface area (Å²) < 4.78 is 51.9. The molecule has 5 rings (SSSR count). The third-order valence-electron chi connectivity index (χ3n) is 6.51. The fourth-order valence-corrected chi connectivity index (χ4v) is 4.37. The number of fused-ring (bicyclic) bond motifs is 1. The van der Waals surface area contributed by atoms with Crippen LogP contribution in [0.3, 0.4) is 0 Å². The summed E-state index contributed by atoms with van der Waals surface area (Å²) in [5.74, 6) is -1.04. The Kier molecular flexibility index (Phi) is 7.78. The highest BCUT2D eigenvalue weighted by molar-refractivity contribution is 6.09. The minimum absolute atomic E-state index is 0.293. The van der Waals surface area contributed by atoms with Gasteiger partial charge in [-0.25, -0.2) is 4.39 Å². The largest absolute Gasteiger partial charge is 0.416 e. The van der Waals surface area contributed by atoms with Crippen molar-refractivity contribution in [3.63, 3.8) is 0 Å². The lowest BCUT2D eigenvalue weighted by Gasteiger charge is -2.12. The molecule has 5 aromatic rings. The van der Waals surface area contributed by atoms with Crippen molar-refractivity contribution in [2.24, 2.45) is 0 Å². The second kappa shape index (κ2) is 11.6. The predicted molar refractivity (Wildman–Crippen MR) is 149 cm³/mol. The molecule has 0 atom stereocenters. The zero-order valence-corrected chi connectivity index (χ0v) is 21.5. The summed E-state index contributed by atoms with van der Waals surface area (Å²) in [6, 6.07) is 24.2. The number of pyridine rings is 1. The van der Waals surface area contributed by atoms with E-state index >= 15 is 0 Å². The number of hydrogen-bond acceptors (Lipinski definition) is 3. The van der Waals surface area contributed by atoms with Gasteiger partial charge in [0.1, 0.15) is 5.82 Å². The molecular weight excluding hydrogens is 534 g/mol. The van der Waals surface area contributed by atoms with Crippen molar-refractivity contribution in [2.45, 2.75) is 12.6 Å². The zero-order valence-electron chi connectivity index (χ0n) is 21.5. The van der Waals surface area contributed by atoms with Crippen molar-refractivity contribution in [2.75, 3.05) is 11.9 Å². The molecule has 0 saturated carbocycles. The predicted octanol–water partition coefficient (Wildman–Crippen LogP) is 7.28. The molecule has 5 nitrogen and oxygen atoms in total. The standard InChI is InChI=1S/C32H23F4N3O2/c33-25-12-5-20(6-13-25)15-16-37-30(40)23-17-22-9-14-26(18-29(22)38-19-23)39-31(41)28-4-2-1-3-27(28)21-7-10-24(11-8-21)32(34,35)36/h1-14,17-19H,15-16H2,(H,37,40)(H,39,41). The van der Waals surface area contributed by atoms with Crippen molar-refractivity contribution in [3.8, 4) is 11.1 Å². The van der Waals surface area contributed by atoms with Gasteiger partial charge in [-0.2, -0.15) is 13.2 Å². The van der Waals surface area contributed by atoms with Crippen LogP contribution in [-0.4, -0.2) is 23.3 Å². The van der Waals surface area contributed by atoms with E-state index < -0.39 is 17.6 Å². The average molecular weight is 558 g/mol. The summed E-state index contributed by atoms with van der Waals surface area (Å²) in [5.41, 5.74) is 2.81. The molecule has 1 heterocycles. The van der Waals surface area contributed by atoms with E-state index in [1.165, 1.54) is 30.5 Å². The number of nitrogens with one attached hydrogen (secondary N) is 2. The van der Waals surface area contributed by atoms with E-state index in [1.807, 2.05) is 0 Å². The number of carbonyl (C=O) groups is 2. The summed E-state index contributed by atoms with van der Waals surface area (Å²) in [6.45, 7) is 0.376. The third-order valence-corrected chi connectivity index (χ3v) is 6.51. The van der Waals surface area contributed by atoms with Gasteiger partial charge in [0.05, 0.1) is 16.6 Å². The molecule has 1 aromatic heterocycles. The van der Waals surface area contributed by atoms with Crippen molar-refractivity contribution in [3.05, 3.63) is 131 Å². The van der Waals surface area contributed by atoms with Crippen LogP contribution in [0, 0.1) is 5.82 Å². The molecule has 41 heavy (non-hydrogen) atoms. The molecular formula is C32H23F4N3O2. The number of amides is 2. The van der Waals surface area contributed by atoms with E-state index in [4.69, 9.17) is 0 Å². The molecule has 2 N–H and O–H groups in total. The average Bonchev–Trinajstić information content (AvgIpc) is 2.97. The number of halogens is 4. The van der Waals surface area contributed by atoms with Gasteiger partial charge < -0.3 is 10.6 Å². The summed E-state index contributed by atoms with van der Waals surface area (Å²) in [6.07, 6.45) is -2.45. The first-order valence-electron chi connectivity index (χ1n) is 12.7. The van der Waals surface area contributed by atoms with Crippen molar-refractivity contribution in [1.29, 1.82) is 0 Å². The smallest absolute Gasteiger partial charge is 0.352 e. The molecule has 0 saturated heterocycles. The van der Waals surface area contributed by atoms with Gasteiger partial charge in [-0.1, -0.05) is 48.5 Å². The first-order valence-corrected chi connectivity index (χ1v) is 12.7. The van der Waals surface area contributed by atoms with Crippen molar-refractivity contribution < 1.29 is 27.2 Å². The fraction of sp³-hybridized carbons (Fsp3) is 0.0938. The maximum atomic E-state index is 13.2. The summed E-state index contributed by atoms with van der Waals surface area (Å²) >= 11 is 0. The minimum atomic E-state index is -4.45. The quantitative estimate of drug-likeness (QED) is 0.207. The van der Waals surface area contributed by atoms with Crippen molar-refractivity contribution >= 4 is 28.4 Å². The maximum absolute atomic E-state index is 13.2. The van der Waals surface area contributed by atoms with Crippen LogP contribution in [0.25, 0.3) is 22.0 Å². The lowest BCUT2D eigenvalue weighted by Crippen LogP contribution is -2.25. The van der Waals surface area contributed by atoms with Crippen LogP contribution < -0.4 is 10.6 Å². The Labute approximate surface area is 232 Å². The molecule has 9 heteroatoms. The van der Waals surface area contributed by atoms with Crippen LogP contribution in [-0.2, 0) is 12.6 Å². The second-order valence-corrected chi connectivity index (χ2v) is 9.34. The SMILES string of the molecule is O=C(NCCc1ccc(F)cc1)c1cnc2cc(NC(=O)c3ccccc3-c3ccc(C(F)(F)F)cc3)ccc2c1. The molecule has 2 amide bonds. The van der Waals surface area contributed by atoms with Gasteiger partial charge in [0.25, 0.3) is 11.8 Å². The summed E-state index contributed by atoms with van der Waals surface area (Å²) in [7, 11) is 0. The van der Waals surface area contributed by atoms with Gasteiger partial charge in [-0.15, -0.1) is 0 Å². The highest BCUT2D eigenvalue weighted by Gasteiger charge is 2.30. The lowest BCUT2D eigenvalue weighted by molar-refractivity contribution is -0.137. The Morgan fingerprint density at radius 2 is 1.54 bits per heavy atom. The van der Waals surface area contributed by atoms with Crippen LogP contribution in [0.2, 0.25) is 0 Å². The Morgan fingerprint density at radius 3 is 2.27 bits per heavy atom. The Hall–Kier alpha value is -5.05. The van der Waals surface area contributed by atoms with E-state index in [2.05, 4.69) is 15.6 Å². The van der Waals surface area contributed by atoms with Gasteiger partial charge in [-0.05, 0) is 71.6 Å². The minimum Gasteiger partial charge on any atom is -0.352 e. The first-order chi connectivity index (χ1) is 19.7. The first kappa shape index (κ1) is 27.5. The van der Waals surface area contributed by atoms with Crippen LogP contribution in [0.1, 0.15) is 31.8 Å². The molecule has 0 aliphatic rings. The van der Waals surface area contributed by atoms with Gasteiger partial charge in [-0.3, -0.25) is 14.6 Å². The zero-order chi connectivity index (χ0) is 29.0. The number of carbonyl (C=O) groups excluding carboxylic acids is 2. The number of rotatable bonds is 7. The highest BCUT2D eigenvalue weighted by atomic mass is 19.4. The van der Waals surface area contributed by atoms with Crippen LogP contribution in [0.15, 0.2) is 103 Å². The van der Waals surface area contributed by atoms with Gasteiger partial charge >= 0.3 is 6.18 Å². The summed E-state index contributed by atoms with van der Waals surface area (Å²) in [4.78, 5) is 30.1. The molecule has 0 aliphatic carbocycles. The van der Waals surface area contributed by atoms with Crippen molar-refractivity contribution in [1.82, 2.24) is 10.3 Å². The molecule has 0 unspecified atom stereocenters. The fourth-order valence-electron chi connectivity index (χ4n) is 4.37. The third kappa shape index (κ3) is 6.58. The van der Waals surface area contributed by atoms with Gasteiger partial charge in [0, 0.05) is 29.4 Å². The number of anilines is 1. The highest BCUT2D eigenvalue weighted by Crippen LogP contribution is 2.32. The van der Waals surface area contributed by atoms with Crippen LogP contribution >= 0.6 is 0 Å². The van der Waals surface area contributed by atoms with Gasteiger partial charge in [0.2, 0.25) is 0 Å². The monoisotopic (exact) mass is 557 g/mol. The number of aromatic nitrogens is 1. The van der Waals surface area contributed by atoms with E-state index in [-0.39, 0.29) is 11.7 Å². The molecule has 4 aromatic carbocycles. The van der Waals surface area contributed by atoms with E-state index in [0.29, 0.717) is 51.8 Å². The molecule has 0 spiro atoms. The summed E-state index contributed by atoms with van der Waals surface area (Å²) in [5, 5.41) is 6.34. The van der Waals surface area contributed by atoms with E-state index in [1.54, 1.807) is 60.7 Å². The maximum Gasteiger partial charge on any atom is 0.416 e. The molecule has 0 aliphatic heterocycles. The Bertz CT molecular complexity index is 1720. The van der Waals surface area contributed by atoms with E-state index in [0.717, 1.165) is 17.7 Å². The number of benzene rings is 4. The Morgan fingerprint density at radius 1 is 0.805 bits per heavy atom. The molecule has 206 valence electrons. The molecule has 0 fully saturated rings.